The highest BCUT2D eigenvalue weighted by molar-refractivity contribution is 8.00. The first-order valence-electron chi connectivity index (χ1n) is 10.3. The van der Waals surface area contributed by atoms with E-state index in [1.54, 1.807) is 28.2 Å². The van der Waals surface area contributed by atoms with Gasteiger partial charge in [0.1, 0.15) is 0 Å². The van der Waals surface area contributed by atoms with Gasteiger partial charge in [-0.15, -0.1) is 11.8 Å². The molecule has 28 heavy (non-hydrogen) atoms. The third kappa shape index (κ3) is 4.25. The van der Waals surface area contributed by atoms with Crippen LogP contribution in [0.25, 0.3) is 0 Å². The lowest BCUT2D eigenvalue weighted by Gasteiger charge is -2.40. The quantitative estimate of drug-likeness (QED) is 0.809. The van der Waals surface area contributed by atoms with Crippen LogP contribution in [0.15, 0.2) is 28.0 Å². The second-order valence-corrected chi connectivity index (χ2v) is 11.5. The summed E-state index contributed by atoms with van der Waals surface area (Å²) >= 11 is 1.61. The highest BCUT2D eigenvalue weighted by Gasteiger charge is 2.32. The molecule has 1 aromatic carbocycles. The third-order valence-corrected chi connectivity index (χ3v) is 9.10. The van der Waals surface area contributed by atoms with Gasteiger partial charge in [0.2, 0.25) is 15.9 Å². The number of rotatable bonds is 3. The summed E-state index contributed by atoms with van der Waals surface area (Å²) in [5.41, 5.74) is 0.612. The maximum atomic E-state index is 13.2. The lowest BCUT2D eigenvalue weighted by Crippen LogP contribution is -2.52. The Hall–Kier alpha value is -1.09. The minimum absolute atomic E-state index is 0.0607. The number of nitrogens with zero attached hydrogens (tertiary/aromatic N) is 2. The van der Waals surface area contributed by atoms with E-state index in [-0.39, 0.29) is 16.1 Å². The van der Waals surface area contributed by atoms with Crippen molar-refractivity contribution in [3.8, 4) is 0 Å². The van der Waals surface area contributed by atoms with Crippen molar-refractivity contribution in [1.82, 2.24) is 9.21 Å². The summed E-state index contributed by atoms with van der Waals surface area (Å²) in [6, 6.07) is 5.76. The Morgan fingerprint density at radius 3 is 2.50 bits per heavy atom. The lowest BCUT2D eigenvalue weighted by atomic mass is 9.94. The Balaban J connectivity index is 1.47. The molecule has 4 rings (SSSR count). The molecule has 0 bridgehead atoms. The minimum Gasteiger partial charge on any atom is -0.325 e. The van der Waals surface area contributed by atoms with E-state index in [0.717, 1.165) is 18.0 Å². The number of carbonyl (C=O) groups excluding carboxylic acids is 1. The first kappa shape index (κ1) is 20.2. The van der Waals surface area contributed by atoms with E-state index in [2.05, 4.69) is 10.2 Å². The van der Waals surface area contributed by atoms with Gasteiger partial charge in [0.25, 0.3) is 0 Å². The molecule has 1 saturated heterocycles. The summed E-state index contributed by atoms with van der Waals surface area (Å²) < 4.78 is 28.0. The second kappa shape index (κ2) is 8.34. The Morgan fingerprint density at radius 2 is 1.79 bits per heavy atom. The normalized spacial score (nSPS) is 25.8. The zero-order valence-electron chi connectivity index (χ0n) is 16.4. The number of sulfonamides is 1. The predicted octanol–water partition coefficient (Wildman–Crippen LogP) is 3.15. The number of benzene rings is 1. The molecule has 1 N–H and O–H groups in total. The average Bonchev–Trinajstić information content (AvgIpc) is 2.84. The van der Waals surface area contributed by atoms with Gasteiger partial charge in [-0.1, -0.05) is 26.2 Å². The van der Waals surface area contributed by atoms with E-state index in [0.29, 0.717) is 31.2 Å². The fourth-order valence-electron chi connectivity index (χ4n) is 4.50. The molecule has 0 spiro atoms. The van der Waals surface area contributed by atoms with Gasteiger partial charge in [-0.05, 0) is 31.0 Å². The number of carbonyl (C=O) groups is 1. The molecule has 3 aliphatic rings. The summed E-state index contributed by atoms with van der Waals surface area (Å²) in [7, 11) is -3.55. The van der Waals surface area contributed by atoms with Crippen LogP contribution in [0, 0.1) is 0 Å². The molecule has 6 nitrogen and oxygen atoms in total. The van der Waals surface area contributed by atoms with Gasteiger partial charge in [-0.25, -0.2) is 8.42 Å². The molecule has 2 heterocycles. The van der Waals surface area contributed by atoms with Crippen LogP contribution < -0.4 is 5.32 Å². The number of thioether (sulfide) groups is 1. The van der Waals surface area contributed by atoms with Crippen LogP contribution in [0.5, 0.6) is 0 Å². The van der Waals surface area contributed by atoms with E-state index in [1.807, 2.05) is 13.0 Å². The molecular formula is C20H29N3O3S2. The smallest absolute Gasteiger partial charge is 0.243 e. The van der Waals surface area contributed by atoms with Gasteiger partial charge >= 0.3 is 0 Å². The number of fused-ring (bicyclic) bond motifs is 1. The lowest BCUT2D eigenvalue weighted by molar-refractivity contribution is -0.116. The molecule has 2 fully saturated rings. The number of anilines is 1. The van der Waals surface area contributed by atoms with E-state index in [9.17, 15) is 13.2 Å². The fourth-order valence-corrected chi connectivity index (χ4v) is 7.00. The van der Waals surface area contributed by atoms with Crippen molar-refractivity contribution >= 4 is 33.4 Å². The van der Waals surface area contributed by atoms with Crippen molar-refractivity contribution in [2.75, 3.05) is 31.5 Å². The molecule has 1 aromatic rings. The molecule has 8 heteroatoms. The van der Waals surface area contributed by atoms with Crippen molar-refractivity contribution in [2.24, 2.45) is 0 Å². The van der Waals surface area contributed by atoms with Crippen LogP contribution in [0.4, 0.5) is 5.69 Å². The highest BCUT2D eigenvalue weighted by atomic mass is 32.2. The third-order valence-electron chi connectivity index (χ3n) is 6.03. The Kier molecular flexibility index (Phi) is 6.01. The monoisotopic (exact) mass is 423 g/mol. The first-order valence-corrected chi connectivity index (χ1v) is 12.6. The van der Waals surface area contributed by atoms with Crippen molar-refractivity contribution in [2.45, 2.75) is 66.5 Å². The van der Waals surface area contributed by atoms with Crippen molar-refractivity contribution < 1.29 is 13.2 Å². The van der Waals surface area contributed by atoms with Gasteiger partial charge in [0.05, 0.1) is 10.6 Å². The summed E-state index contributed by atoms with van der Waals surface area (Å²) in [5, 5.41) is 3.04. The first-order chi connectivity index (χ1) is 13.4. The summed E-state index contributed by atoms with van der Waals surface area (Å²) in [6.07, 6.45) is 6.84. The standard InChI is InChI=1S/C20H29N3O3S2/c1-15-13-20(24)21-18-14-17(7-8-19(18)27-15)28(25,26)23-11-9-22(10-12-23)16-5-3-2-4-6-16/h7-8,14-16H,2-6,9-13H2,1H3,(H,21,24)/t15-/m1/s1. The Morgan fingerprint density at radius 1 is 1.07 bits per heavy atom. The molecule has 1 amide bonds. The van der Waals surface area contributed by atoms with Crippen LogP contribution in [0.3, 0.4) is 0 Å². The van der Waals surface area contributed by atoms with Crippen LogP contribution in [0.2, 0.25) is 0 Å². The van der Waals surface area contributed by atoms with Gasteiger partial charge in [0, 0.05) is 48.8 Å². The Bertz CT molecular complexity index is 829. The maximum Gasteiger partial charge on any atom is 0.243 e. The maximum absolute atomic E-state index is 13.2. The summed E-state index contributed by atoms with van der Waals surface area (Å²) in [5.74, 6) is -0.0607. The number of piperazine rings is 1. The molecule has 0 radical (unpaired) electrons. The zero-order valence-corrected chi connectivity index (χ0v) is 18.0. The molecule has 0 unspecified atom stereocenters. The van der Waals surface area contributed by atoms with Crippen LogP contribution in [-0.4, -0.2) is 61.0 Å². The van der Waals surface area contributed by atoms with Crippen molar-refractivity contribution in [3.63, 3.8) is 0 Å². The van der Waals surface area contributed by atoms with E-state index in [4.69, 9.17) is 0 Å². The van der Waals surface area contributed by atoms with E-state index < -0.39 is 10.0 Å². The SMILES string of the molecule is C[C@@H]1CC(=O)Nc2cc(S(=O)(=O)N3CCN(C4CCCCC4)CC3)ccc2S1. The summed E-state index contributed by atoms with van der Waals surface area (Å²) in [4.78, 5) is 15.7. The van der Waals surface area contributed by atoms with E-state index in [1.165, 1.54) is 32.1 Å². The molecule has 1 atom stereocenters. The van der Waals surface area contributed by atoms with Crippen LogP contribution in [-0.2, 0) is 14.8 Å². The zero-order chi connectivity index (χ0) is 19.7. The van der Waals surface area contributed by atoms with E-state index >= 15 is 0 Å². The van der Waals surface area contributed by atoms with Gasteiger partial charge in [-0.3, -0.25) is 9.69 Å². The number of nitrogens with one attached hydrogen (secondary N) is 1. The van der Waals surface area contributed by atoms with Crippen molar-refractivity contribution in [3.05, 3.63) is 18.2 Å². The molecule has 0 aromatic heterocycles. The number of hydrogen-bond acceptors (Lipinski definition) is 5. The average molecular weight is 424 g/mol. The molecule has 154 valence electrons. The molecule has 2 aliphatic heterocycles. The Labute approximate surface area is 172 Å². The second-order valence-electron chi connectivity index (χ2n) is 8.07. The van der Waals surface area contributed by atoms with Crippen molar-refractivity contribution in [1.29, 1.82) is 0 Å². The van der Waals surface area contributed by atoms with Gasteiger partial charge in [0.15, 0.2) is 0 Å². The largest absolute Gasteiger partial charge is 0.325 e. The number of hydrogen-bond donors (Lipinski definition) is 1. The van der Waals surface area contributed by atoms with Gasteiger partial charge in [-0.2, -0.15) is 4.31 Å². The fraction of sp³-hybridized carbons (Fsp3) is 0.650. The molecule has 1 aliphatic carbocycles. The van der Waals surface area contributed by atoms with Crippen LogP contribution in [0.1, 0.15) is 45.4 Å². The number of amides is 1. The topological polar surface area (TPSA) is 69.7 Å². The highest BCUT2D eigenvalue weighted by Crippen LogP contribution is 2.37. The minimum atomic E-state index is -3.55. The van der Waals surface area contributed by atoms with Gasteiger partial charge < -0.3 is 5.32 Å². The summed E-state index contributed by atoms with van der Waals surface area (Å²) in [6.45, 7) is 4.69. The molecule has 1 saturated carbocycles. The van der Waals surface area contributed by atoms with Crippen LogP contribution >= 0.6 is 11.8 Å². The molecular weight excluding hydrogens is 394 g/mol. The predicted molar refractivity (Wildman–Crippen MR) is 112 cm³/mol.